The minimum atomic E-state index is 0. The fourth-order valence-electron chi connectivity index (χ4n) is 3.84. The largest absolute Gasteiger partial charge is 0.378 e. The van der Waals surface area contributed by atoms with E-state index in [9.17, 15) is 0 Å². The number of nitrogens with zero attached hydrogens (tertiary/aromatic N) is 2. The number of ether oxygens (including phenoxy) is 1. The maximum atomic E-state index is 5.49. The van der Waals surface area contributed by atoms with E-state index in [1.54, 1.807) is 0 Å². The second kappa shape index (κ2) is 11.7. The smallest absolute Gasteiger partial charge is 0.191 e. The van der Waals surface area contributed by atoms with Crippen molar-refractivity contribution in [2.75, 3.05) is 37.7 Å². The zero-order chi connectivity index (χ0) is 18.2. The van der Waals surface area contributed by atoms with Crippen LogP contribution in [-0.4, -0.2) is 44.8 Å². The van der Waals surface area contributed by atoms with Gasteiger partial charge in [0.15, 0.2) is 5.96 Å². The van der Waals surface area contributed by atoms with Crippen LogP contribution in [0, 0.1) is 5.92 Å². The van der Waals surface area contributed by atoms with Crippen LogP contribution in [0.25, 0.3) is 0 Å². The summed E-state index contributed by atoms with van der Waals surface area (Å²) in [6, 6.07) is 9.18. The summed E-state index contributed by atoms with van der Waals surface area (Å²) in [4.78, 5) is 7.30. The third kappa shape index (κ3) is 6.82. The molecule has 0 amide bonds. The second-order valence-electron chi connectivity index (χ2n) is 7.52. The fourth-order valence-corrected chi connectivity index (χ4v) is 3.84. The monoisotopic (exact) mass is 486 g/mol. The Kier molecular flexibility index (Phi) is 9.68. The molecule has 1 aromatic carbocycles. The second-order valence-corrected chi connectivity index (χ2v) is 7.52. The van der Waals surface area contributed by atoms with Crippen molar-refractivity contribution in [3.8, 4) is 0 Å². The molecule has 0 unspecified atom stereocenters. The van der Waals surface area contributed by atoms with E-state index < -0.39 is 0 Å². The molecule has 0 spiro atoms. The van der Waals surface area contributed by atoms with E-state index in [2.05, 4.69) is 53.6 Å². The van der Waals surface area contributed by atoms with E-state index in [1.165, 1.54) is 36.9 Å². The normalized spacial score (nSPS) is 23.5. The maximum Gasteiger partial charge on any atom is 0.191 e. The molecule has 0 bridgehead atoms. The molecule has 3 rings (SSSR count). The number of halogens is 1. The average molecular weight is 486 g/mol. The molecule has 6 heteroatoms. The lowest BCUT2D eigenvalue weighted by atomic mass is 9.87. The number of hydrogen-bond acceptors (Lipinski definition) is 3. The summed E-state index contributed by atoms with van der Waals surface area (Å²) in [6.45, 7) is 9.61. The molecule has 27 heavy (non-hydrogen) atoms. The van der Waals surface area contributed by atoms with Gasteiger partial charge in [-0.25, -0.2) is 4.99 Å². The number of anilines is 1. The number of morpholine rings is 1. The summed E-state index contributed by atoms with van der Waals surface area (Å²) in [6.07, 6.45) is 5.12. The highest BCUT2D eigenvalue weighted by Crippen LogP contribution is 2.24. The van der Waals surface area contributed by atoms with Crippen LogP contribution in [0.2, 0.25) is 0 Å². The number of rotatable bonds is 5. The number of benzene rings is 1. The molecule has 1 aliphatic carbocycles. The molecular formula is C21H35IN4O. The van der Waals surface area contributed by atoms with Gasteiger partial charge >= 0.3 is 0 Å². The van der Waals surface area contributed by atoms with E-state index in [1.807, 2.05) is 0 Å². The molecule has 1 saturated heterocycles. The van der Waals surface area contributed by atoms with Crippen LogP contribution in [0.5, 0.6) is 0 Å². The maximum absolute atomic E-state index is 5.49. The fraction of sp³-hybridized carbons (Fsp3) is 0.667. The topological polar surface area (TPSA) is 48.9 Å². The van der Waals surface area contributed by atoms with Gasteiger partial charge in [-0.3, -0.25) is 0 Å². The Balaban J connectivity index is 0.00000261. The Hall–Kier alpha value is -1.02. The molecule has 0 atom stereocenters. The highest BCUT2D eigenvalue weighted by Gasteiger charge is 2.19. The molecule has 1 aromatic rings. The van der Waals surface area contributed by atoms with Crippen molar-refractivity contribution >= 4 is 35.6 Å². The molecule has 1 heterocycles. The molecule has 0 radical (unpaired) electrons. The Bertz CT molecular complexity index is 581. The highest BCUT2D eigenvalue weighted by atomic mass is 127. The Morgan fingerprint density at radius 3 is 2.56 bits per heavy atom. The van der Waals surface area contributed by atoms with Crippen molar-refractivity contribution in [3.63, 3.8) is 0 Å². The van der Waals surface area contributed by atoms with Gasteiger partial charge in [0.05, 0.1) is 19.8 Å². The van der Waals surface area contributed by atoms with Gasteiger partial charge in [-0.05, 0) is 50.2 Å². The molecule has 2 N–H and O–H groups in total. The molecule has 0 aromatic heterocycles. The average Bonchev–Trinajstić information content (AvgIpc) is 2.69. The Morgan fingerprint density at radius 2 is 1.85 bits per heavy atom. The molecule has 2 aliphatic rings. The first-order chi connectivity index (χ1) is 12.8. The van der Waals surface area contributed by atoms with Gasteiger partial charge in [0.2, 0.25) is 0 Å². The van der Waals surface area contributed by atoms with Crippen molar-refractivity contribution < 1.29 is 4.74 Å². The van der Waals surface area contributed by atoms with Crippen LogP contribution >= 0.6 is 24.0 Å². The Labute approximate surface area is 181 Å². The van der Waals surface area contributed by atoms with Crippen molar-refractivity contribution in [3.05, 3.63) is 29.8 Å². The standard InChI is InChI=1S/C21H34N4O.HI/c1-3-22-21(24-19-10-8-17(2)9-11-19)23-16-18-6-4-5-7-20(18)25-12-14-26-15-13-25;/h4-7,17,19H,3,8-16H2,1-2H3,(H2,22,23,24);1H. The van der Waals surface area contributed by atoms with Gasteiger partial charge < -0.3 is 20.3 Å². The van der Waals surface area contributed by atoms with Gasteiger partial charge in [0.25, 0.3) is 0 Å². The Morgan fingerprint density at radius 1 is 1.15 bits per heavy atom. The SMILES string of the molecule is CCNC(=NCc1ccccc1N1CCOCC1)NC1CCC(C)CC1.I. The summed E-state index contributed by atoms with van der Waals surface area (Å²) in [5.41, 5.74) is 2.57. The van der Waals surface area contributed by atoms with Gasteiger partial charge in [0, 0.05) is 31.4 Å². The first kappa shape index (κ1) is 22.3. The van der Waals surface area contributed by atoms with Crippen LogP contribution < -0.4 is 15.5 Å². The first-order valence-electron chi connectivity index (χ1n) is 10.2. The highest BCUT2D eigenvalue weighted by molar-refractivity contribution is 14.0. The first-order valence-corrected chi connectivity index (χ1v) is 10.2. The van der Waals surface area contributed by atoms with Crippen LogP contribution in [-0.2, 0) is 11.3 Å². The minimum Gasteiger partial charge on any atom is -0.378 e. The summed E-state index contributed by atoms with van der Waals surface area (Å²) < 4.78 is 5.49. The number of nitrogens with one attached hydrogen (secondary N) is 2. The predicted molar refractivity (Wildman–Crippen MR) is 124 cm³/mol. The minimum absolute atomic E-state index is 0. The molecule has 5 nitrogen and oxygen atoms in total. The van der Waals surface area contributed by atoms with E-state index in [0.717, 1.165) is 44.7 Å². The van der Waals surface area contributed by atoms with Crippen molar-refractivity contribution in [1.82, 2.24) is 10.6 Å². The lowest BCUT2D eigenvalue weighted by molar-refractivity contribution is 0.122. The van der Waals surface area contributed by atoms with Crippen molar-refractivity contribution in [2.24, 2.45) is 10.9 Å². The van der Waals surface area contributed by atoms with Crippen LogP contribution in [0.3, 0.4) is 0 Å². The number of hydrogen-bond donors (Lipinski definition) is 2. The molecule has 152 valence electrons. The van der Waals surface area contributed by atoms with Gasteiger partial charge in [0.1, 0.15) is 0 Å². The summed E-state index contributed by atoms with van der Waals surface area (Å²) in [7, 11) is 0. The third-order valence-corrected chi connectivity index (χ3v) is 5.45. The summed E-state index contributed by atoms with van der Waals surface area (Å²) in [5, 5.41) is 7.07. The van der Waals surface area contributed by atoms with Crippen LogP contribution in [0.4, 0.5) is 5.69 Å². The van der Waals surface area contributed by atoms with Gasteiger partial charge in [-0.15, -0.1) is 24.0 Å². The van der Waals surface area contributed by atoms with E-state index in [-0.39, 0.29) is 24.0 Å². The molecule has 1 aliphatic heterocycles. The van der Waals surface area contributed by atoms with Crippen molar-refractivity contribution in [1.29, 1.82) is 0 Å². The lowest BCUT2D eigenvalue weighted by Crippen LogP contribution is -2.44. The lowest BCUT2D eigenvalue weighted by Gasteiger charge is -2.30. The molecular weight excluding hydrogens is 451 g/mol. The van der Waals surface area contributed by atoms with E-state index in [0.29, 0.717) is 12.6 Å². The van der Waals surface area contributed by atoms with Crippen LogP contribution in [0.1, 0.15) is 45.1 Å². The third-order valence-electron chi connectivity index (χ3n) is 5.45. The van der Waals surface area contributed by atoms with Crippen LogP contribution in [0.15, 0.2) is 29.3 Å². The van der Waals surface area contributed by atoms with Gasteiger partial charge in [-0.1, -0.05) is 25.1 Å². The van der Waals surface area contributed by atoms with Crippen molar-refractivity contribution in [2.45, 2.75) is 52.1 Å². The number of aliphatic imine (C=N–C) groups is 1. The molecule has 2 fully saturated rings. The summed E-state index contributed by atoms with van der Waals surface area (Å²) >= 11 is 0. The summed E-state index contributed by atoms with van der Waals surface area (Å²) in [5.74, 6) is 1.82. The van der Waals surface area contributed by atoms with E-state index in [4.69, 9.17) is 9.73 Å². The zero-order valence-corrected chi connectivity index (χ0v) is 19.1. The van der Waals surface area contributed by atoms with E-state index >= 15 is 0 Å². The number of para-hydroxylation sites is 1. The predicted octanol–water partition coefficient (Wildman–Crippen LogP) is 3.78. The molecule has 1 saturated carbocycles. The zero-order valence-electron chi connectivity index (χ0n) is 16.7. The quantitative estimate of drug-likeness (QED) is 0.378. The van der Waals surface area contributed by atoms with Gasteiger partial charge in [-0.2, -0.15) is 0 Å². The number of guanidine groups is 1.